The first-order valence-electron chi connectivity index (χ1n) is 4.09. The Morgan fingerprint density at radius 1 is 1.12 bits per heavy atom. The average molecular weight is 234 g/mol. The van der Waals surface area contributed by atoms with Crippen LogP contribution in [0.5, 0.6) is 11.5 Å². The molecular formula is C10H11NaO5. The molecule has 0 radical (unpaired) electrons. The second kappa shape index (κ2) is 6.52. The summed E-state index contributed by atoms with van der Waals surface area (Å²) in [5.41, 5.74) is 0.0557. The minimum absolute atomic E-state index is 0. The van der Waals surface area contributed by atoms with Crippen LogP contribution in [0.4, 0.5) is 0 Å². The van der Waals surface area contributed by atoms with Crippen molar-refractivity contribution in [2.24, 2.45) is 0 Å². The Morgan fingerprint density at radius 2 is 1.69 bits per heavy atom. The zero-order valence-corrected chi connectivity index (χ0v) is 8.31. The molecule has 0 unspecified atom stereocenters. The van der Waals surface area contributed by atoms with Gasteiger partial charge in [0.1, 0.15) is 0 Å². The molecule has 0 aliphatic carbocycles. The first-order valence-corrected chi connectivity index (χ1v) is 4.09. The SMILES string of the molecule is COc1ccc(C(=O)C(=O)O)cc1OC.[NaH]. The van der Waals surface area contributed by atoms with Crippen molar-refractivity contribution in [1.29, 1.82) is 0 Å². The zero-order valence-electron chi connectivity index (χ0n) is 8.31. The van der Waals surface area contributed by atoms with Gasteiger partial charge in [0.05, 0.1) is 14.2 Å². The van der Waals surface area contributed by atoms with Crippen LogP contribution in [0.15, 0.2) is 18.2 Å². The van der Waals surface area contributed by atoms with Crippen LogP contribution < -0.4 is 9.47 Å². The van der Waals surface area contributed by atoms with Gasteiger partial charge in [-0.25, -0.2) is 4.79 Å². The number of Topliss-reactive ketones (excluding diaryl/α,β-unsaturated/α-hetero) is 1. The van der Waals surface area contributed by atoms with Crippen molar-refractivity contribution < 1.29 is 24.2 Å². The Morgan fingerprint density at radius 3 is 2.12 bits per heavy atom. The Kier molecular flexibility index (Phi) is 6.10. The van der Waals surface area contributed by atoms with Crippen LogP contribution in [-0.2, 0) is 4.79 Å². The normalized spacial score (nSPS) is 8.88. The number of carboxylic acid groups (broad SMARTS) is 1. The van der Waals surface area contributed by atoms with Crippen LogP contribution in [0.1, 0.15) is 10.4 Å². The molecule has 82 valence electrons. The third kappa shape index (κ3) is 3.23. The monoisotopic (exact) mass is 234 g/mol. The van der Waals surface area contributed by atoms with Crippen molar-refractivity contribution in [2.75, 3.05) is 14.2 Å². The van der Waals surface area contributed by atoms with E-state index in [0.29, 0.717) is 11.5 Å². The third-order valence-corrected chi connectivity index (χ3v) is 1.84. The van der Waals surface area contributed by atoms with E-state index in [0.717, 1.165) is 0 Å². The minimum atomic E-state index is -1.50. The number of ketones is 1. The summed E-state index contributed by atoms with van der Waals surface area (Å²) in [5.74, 6) is -1.71. The number of ether oxygens (including phenoxy) is 2. The Hall–Kier alpha value is -1.04. The molecule has 1 aromatic rings. The van der Waals surface area contributed by atoms with E-state index < -0.39 is 11.8 Å². The van der Waals surface area contributed by atoms with E-state index in [1.807, 2.05) is 0 Å². The number of hydrogen-bond donors (Lipinski definition) is 1. The van der Waals surface area contributed by atoms with Crippen molar-refractivity contribution in [3.05, 3.63) is 23.8 Å². The number of hydrogen-bond acceptors (Lipinski definition) is 4. The van der Waals surface area contributed by atoms with Gasteiger partial charge < -0.3 is 14.6 Å². The fraction of sp³-hybridized carbons (Fsp3) is 0.200. The van der Waals surface area contributed by atoms with Crippen molar-refractivity contribution in [1.82, 2.24) is 0 Å². The van der Waals surface area contributed by atoms with Gasteiger partial charge in [-0.05, 0) is 18.2 Å². The molecule has 5 nitrogen and oxygen atoms in total. The third-order valence-electron chi connectivity index (χ3n) is 1.84. The van der Waals surface area contributed by atoms with Gasteiger partial charge in [-0.1, -0.05) is 0 Å². The molecular weight excluding hydrogens is 223 g/mol. The van der Waals surface area contributed by atoms with E-state index in [4.69, 9.17) is 14.6 Å². The van der Waals surface area contributed by atoms with Gasteiger partial charge in [-0.15, -0.1) is 0 Å². The molecule has 0 bridgehead atoms. The van der Waals surface area contributed by atoms with Gasteiger partial charge in [0, 0.05) is 5.56 Å². The van der Waals surface area contributed by atoms with Crippen LogP contribution in [0.25, 0.3) is 0 Å². The van der Waals surface area contributed by atoms with E-state index in [-0.39, 0.29) is 35.1 Å². The average Bonchev–Trinajstić information content (AvgIpc) is 2.26. The van der Waals surface area contributed by atoms with Crippen molar-refractivity contribution >= 4 is 41.3 Å². The molecule has 0 fully saturated rings. The van der Waals surface area contributed by atoms with E-state index in [1.54, 1.807) is 0 Å². The topological polar surface area (TPSA) is 72.8 Å². The maximum atomic E-state index is 11.1. The van der Waals surface area contributed by atoms with Gasteiger partial charge in [-0.2, -0.15) is 0 Å². The Balaban J connectivity index is 0.00000225. The fourth-order valence-corrected chi connectivity index (χ4v) is 1.10. The molecule has 6 heteroatoms. The number of carboxylic acids is 1. The number of rotatable bonds is 4. The van der Waals surface area contributed by atoms with E-state index in [2.05, 4.69) is 0 Å². The van der Waals surface area contributed by atoms with Gasteiger partial charge in [-0.3, -0.25) is 4.79 Å². The molecule has 0 heterocycles. The van der Waals surface area contributed by atoms with Crippen LogP contribution >= 0.6 is 0 Å². The maximum absolute atomic E-state index is 11.1. The first kappa shape index (κ1) is 15.0. The van der Waals surface area contributed by atoms with E-state index >= 15 is 0 Å². The molecule has 0 atom stereocenters. The second-order valence-electron chi connectivity index (χ2n) is 2.70. The summed E-state index contributed by atoms with van der Waals surface area (Å²) in [5, 5.41) is 8.50. The van der Waals surface area contributed by atoms with Crippen LogP contribution in [0, 0.1) is 0 Å². The molecule has 0 spiro atoms. The molecule has 1 N–H and O–H groups in total. The summed E-state index contributed by atoms with van der Waals surface area (Å²) < 4.78 is 9.88. The number of methoxy groups -OCH3 is 2. The fourth-order valence-electron chi connectivity index (χ4n) is 1.10. The summed E-state index contributed by atoms with van der Waals surface area (Å²) in [6, 6.07) is 4.18. The summed E-state index contributed by atoms with van der Waals surface area (Å²) in [6.07, 6.45) is 0. The molecule has 0 saturated heterocycles. The van der Waals surface area contributed by atoms with E-state index in [9.17, 15) is 9.59 Å². The predicted molar refractivity (Wildman–Crippen MR) is 58.7 cm³/mol. The Labute approximate surface area is 115 Å². The second-order valence-corrected chi connectivity index (χ2v) is 2.70. The summed E-state index contributed by atoms with van der Waals surface area (Å²) in [6.45, 7) is 0. The molecule has 16 heavy (non-hydrogen) atoms. The van der Waals surface area contributed by atoms with Crippen molar-refractivity contribution in [3.8, 4) is 11.5 Å². The molecule has 0 aliphatic rings. The van der Waals surface area contributed by atoms with Gasteiger partial charge >= 0.3 is 35.5 Å². The predicted octanol–water partition coefficient (Wildman–Crippen LogP) is 0.323. The number of carbonyl (C=O) groups is 2. The summed E-state index contributed by atoms with van der Waals surface area (Å²) >= 11 is 0. The van der Waals surface area contributed by atoms with Crippen LogP contribution in [0.2, 0.25) is 0 Å². The molecule has 1 aromatic carbocycles. The van der Waals surface area contributed by atoms with E-state index in [1.165, 1.54) is 32.4 Å². The van der Waals surface area contributed by atoms with Gasteiger partial charge in [0.25, 0.3) is 5.78 Å². The van der Waals surface area contributed by atoms with Crippen molar-refractivity contribution in [3.63, 3.8) is 0 Å². The number of benzene rings is 1. The molecule has 0 amide bonds. The summed E-state index contributed by atoms with van der Waals surface area (Å²) in [4.78, 5) is 21.5. The molecule has 0 saturated carbocycles. The van der Waals surface area contributed by atoms with Crippen molar-refractivity contribution in [2.45, 2.75) is 0 Å². The van der Waals surface area contributed by atoms with Gasteiger partial charge in [0.15, 0.2) is 11.5 Å². The van der Waals surface area contributed by atoms with Crippen LogP contribution in [-0.4, -0.2) is 60.6 Å². The summed E-state index contributed by atoms with van der Waals surface area (Å²) in [7, 11) is 2.86. The number of carbonyl (C=O) groups excluding carboxylic acids is 1. The molecule has 0 aromatic heterocycles. The van der Waals surface area contributed by atoms with Gasteiger partial charge in [0.2, 0.25) is 0 Å². The first-order chi connectivity index (χ1) is 7.10. The molecule has 1 rings (SSSR count). The standard InChI is InChI=1S/C10H10O5.Na.H/c1-14-7-4-3-6(5-8(7)15-2)9(11)10(12)13;;/h3-5H,1-2H3,(H,12,13);;. The number of aliphatic carboxylic acids is 1. The quantitative estimate of drug-likeness (QED) is 0.461. The Bertz CT molecular complexity index is 402. The van der Waals surface area contributed by atoms with Crippen LogP contribution in [0.3, 0.4) is 0 Å². The zero-order chi connectivity index (χ0) is 11.4. The molecule has 0 aliphatic heterocycles.